The van der Waals surface area contributed by atoms with Crippen LogP contribution in [0.1, 0.15) is 12.5 Å². The molecule has 30 heavy (non-hydrogen) atoms. The topological polar surface area (TPSA) is 144 Å². The molecule has 0 radical (unpaired) electrons. The van der Waals surface area contributed by atoms with Crippen LogP contribution in [0.25, 0.3) is 0 Å². The number of phenols is 2. The Kier molecular flexibility index (Phi) is 6.19. The summed E-state index contributed by atoms with van der Waals surface area (Å²) in [5.41, 5.74) is 2.07. The summed E-state index contributed by atoms with van der Waals surface area (Å²) in [4.78, 5) is -0.274. The van der Waals surface area contributed by atoms with Crippen molar-refractivity contribution in [3.63, 3.8) is 0 Å². The highest BCUT2D eigenvalue weighted by Crippen LogP contribution is 2.39. The van der Waals surface area contributed by atoms with Crippen LogP contribution in [0.3, 0.4) is 0 Å². The molecular formula is C20H18N4O5S. The van der Waals surface area contributed by atoms with Crippen molar-refractivity contribution >= 4 is 32.9 Å². The van der Waals surface area contributed by atoms with Gasteiger partial charge in [-0.3, -0.25) is 4.55 Å². The fraction of sp³-hybridized carbons (Fsp3) is 0.100. The van der Waals surface area contributed by atoms with Crippen LogP contribution in [0, 0.1) is 0 Å². The van der Waals surface area contributed by atoms with E-state index in [-0.39, 0.29) is 33.5 Å². The maximum Gasteiger partial charge on any atom is 0.294 e. The van der Waals surface area contributed by atoms with Crippen molar-refractivity contribution in [2.24, 2.45) is 20.5 Å². The Morgan fingerprint density at radius 2 is 1.33 bits per heavy atom. The zero-order valence-corrected chi connectivity index (χ0v) is 16.7. The van der Waals surface area contributed by atoms with Gasteiger partial charge in [-0.15, -0.1) is 10.2 Å². The lowest BCUT2D eigenvalue weighted by Gasteiger charge is -2.04. The molecule has 0 spiro atoms. The highest BCUT2D eigenvalue weighted by Gasteiger charge is 2.10. The van der Waals surface area contributed by atoms with Gasteiger partial charge in [-0.2, -0.15) is 18.6 Å². The van der Waals surface area contributed by atoms with Gasteiger partial charge in [0.15, 0.2) is 0 Å². The van der Waals surface area contributed by atoms with Gasteiger partial charge in [-0.25, -0.2) is 0 Å². The molecule has 154 valence electrons. The van der Waals surface area contributed by atoms with E-state index in [0.717, 1.165) is 18.1 Å². The van der Waals surface area contributed by atoms with Crippen LogP contribution < -0.4 is 0 Å². The van der Waals surface area contributed by atoms with Crippen molar-refractivity contribution in [3.05, 3.63) is 66.2 Å². The normalized spacial score (nSPS) is 12.1. The predicted octanol–water partition coefficient (Wildman–Crippen LogP) is 5.74. The zero-order chi connectivity index (χ0) is 21.7. The van der Waals surface area contributed by atoms with E-state index in [4.69, 9.17) is 4.55 Å². The van der Waals surface area contributed by atoms with Crippen LogP contribution in [-0.2, 0) is 16.5 Å². The SMILES string of the molecule is CCc1ccccc1N=Nc1cc(N=Nc2ccc(S(=O)(=O)O)cc2)c(O)cc1O. The molecule has 0 heterocycles. The minimum absolute atomic E-state index is 0.0318. The van der Waals surface area contributed by atoms with Crippen molar-refractivity contribution in [1.29, 1.82) is 0 Å². The molecule has 0 fully saturated rings. The second-order valence-electron chi connectivity index (χ2n) is 6.18. The Morgan fingerprint density at radius 3 is 1.93 bits per heavy atom. The lowest BCUT2D eigenvalue weighted by atomic mass is 10.1. The predicted molar refractivity (Wildman–Crippen MR) is 110 cm³/mol. The van der Waals surface area contributed by atoms with Gasteiger partial charge in [0.25, 0.3) is 10.1 Å². The van der Waals surface area contributed by atoms with E-state index in [0.29, 0.717) is 5.69 Å². The van der Waals surface area contributed by atoms with Gasteiger partial charge in [-0.05, 0) is 42.3 Å². The minimum Gasteiger partial charge on any atom is -0.505 e. The molecule has 0 saturated carbocycles. The average molecular weight is 426 g/mol. The van der Waals surface area contributed by atoms with Crippen molar-refractivity contribution in [3.8, 4) is 11.5 Å². The summed E-state index contributed by atoms with van der Waals surface area (Å²) in [6.45, 7) is 1.99. The van der Waals surface area contributed by atoms with Crippen LogP contribution in [0.15, 0.2) is 86.0 Å². The Morgan fingerprint density at radius 1 is 0.767 bits per heavy atom. The van der Waals surface area contributed by atoms with Crippen molar-refractivity contribution in [1.82, 2.24) is 0 Å². The quantitative estimate of drug-likeness (QED) is 0.340. The first kappa shape index (κ1) is 21.1. The maximum absolute atomic E-state index is 11.1. The van der Waals surface area contributed by atoms with Gasteiger partial charge in [0.1, 0.15) is 22.9 Å². The molecule has 0 aliphatic rings. The molecule has 0 unspecified atom stereocenters. The molecule has 3 aromatic carbocycles. The Bertz CT molecular complexity index is 1220. The zero-order valence-electron chi connectivity index (χ0n) is 15.8. The number of rotatable bonds is 6. The first-order chi connectivity index (χ1) is 14.3. The number of hydrogen-bond donors (Lipinski definition) is 3. The van der Waals surface area contributed by atoms with Gasteiger partial charge >= 0.3 is 0 Å². The molecule has 3 rings (SSSR count). The van der Waals surface area contributed by atoms with Crippen LogP contribution in [0.5, 0.6) is 11.5 Å². The van der Waals surface area contributed by atoms with Gasteiger partial charge in [-0.1, -0.05) is 25.1 Å². The molecule has 10 heteroatoms. The Balaban J connectivity index is 1.88. The largest absolute Gasteiger partial charge is 0.505 e. The number of azo groups is 2. The van der Waals surface area contributed by atoms with Gasteiger partial charge < -0.3 is 10.2 Å². The highest BCUT2D eigenvalue weighted by molar-refractivity contribution is 7.85. The minimum atomic E-state index is -4.30. The van der Waals surface area contributed by atoms with Crippen molar-refractivity contribution in [2.75, 3.05) is 0 Å². The molecule has 9 nitrogen and oxygen atoms in total. The molecule has 0 amide bonds. The van der Waals surface area contributed by atoms with E-state index >= 15 is 0 Å². The molecule has 3 N–H and O–H groups in total. The first-order valence-corrected chi connectivity index (χ1v) is 10.3. The second kappa shape index (κ2) is 8.80. The van der Waals surface area contributed by atoms with E-state index < -0.39 is 10.1 Å². The lowest BCUT2D eigenvalue weighted by molar-refractivity contribution is 0.452. The summed E-state index contributed by atoms with van der Waals surface area (Å²) in [5.74, 6) is -0.597. The molecule has 0 aliphatic carbocycles. The van der Waals surface area contributed by atoms with Crippen LogP contribution >= 0.6 is 0 Å². The standard InChI is InChI=1S/C20H18N4O5S/c1-2-13-5-3-4-6-16(13)22-24-18-11-17(19(25)12-20(18)26)23-21-14-7-9-15(10-8-14)30(27,28)29/h3-12,25-26H,2H2,1H3,(H,27,28,29). The molecule has 0 atom stereocenters. The van der Waals surface area contributed by atoms with Crippen molar-refractivity contribution < 1.29 is 23.2 Å². The third kappa shape index (κ3) is 5.04. The number of aromatic hydroxyl groups is 2. The monoisotopic (exact) mass is 426 g/mol. The summed E-state index contributed by atoms with van der Waals surface area (Å²) in [5, 5.41) is 36.1. The third-order valence-electron chi connectivity index (χ3n) is 4.12. The summed E-state index contributed by atoms with van der Waals surface area (Å²) in [6, 6.07) is 14.9. The molecule has 0 saturated heterocycles. The van der Waals surface area contributed by atoms with E-state index in [9.17, 15) is 18.6 Å². The summed E-state index contributed by atoms with van der Waals surface area (Å²) < 4.78 is 31.1. The van der Waals surface area contributed by atoms with E-state index in [1.54, 1.807) is 6.07 Å². The fourth-order valence-electron chi connectivity index (χ4n) is 2.53. The van der Waals surface area contributed by atoms with Gasteiger partial charge in [0.05, 0.1) is 16.3 Å². The highest BCUT2D eigenvalue weighted by atomic mass is 32.2. The number of hydrogen-bond acceptors (Lipinski definition) is 8. The maximum atomic E-state index is 11.1. The Hall–Kier alpha value is -3.63. The first-order valence-electron chi connectivity index (χ1n) is 8.83. The van der Waals surface area contributed by atoms with Gasteiger partial charge in [0, 0.05) is 12.1 Å². The van der Waals surface area contributed by atoms with E-state index in [2.05, 4.69) is 20.5 Å². The van der Waals surface area contributed by atoms with Crippen LogP contribution in [0.4, 0.5) is 22.7 Å². The fourth-order valence-corrected chi connectivity index (χ4v) is 3.01. The van der Waals surface area contributed by atoms with Crippen LogP contribution in [-0.4, -0.2) is 23.2 Å². The summed E-state index contributed by atoms with van der Waals surface area (Å²) >= 11 is 0. The summed E-state index contributed by atoms with van der Waals surface area (Å²) in [7, 11) is -4.30. The Labute approximate surface area is 172 Å². The average Bonchev–Trinajstić information content (AvgIpc) is 2.72. The van der Waals surface area contributed by atoms with E-state index in [1.807, 2.05) is 25.1 Å². The number of phenolic OH excluding ortho intramolecular Hbond substituents is 2. The smallest absolute Gasteiger partial charge is 0.294 e. The van der Waals surface area contributed by atoms with Crippen molar-refractivity contribution in [2.45, 2.75) is 18.2 Å². The summed E-state index contributed by atoms with van der Waals surface area (Å²) in [6.07, 6.45) is 0.770. The lowest BCUT2D eigenvalue weighted by Crippen LogP contribution is -1.96. The molecule has 3 aromatic rings. The number of benzene rings is 3. The number of aryl methyl sites for hydroxylation is 1. The van der Waals surface area contributed by atoms with Crippen LogP contribution in [0.2, 0.25) is 0 Å². The molecule has 0 aliphatic heterocycles. The second-order valence-corrected chi connectivity index (χ2v) is 7.60. The van der Waals surface area contributed by atoms with E-state index in [1.165, 1.54) is 30.3 Å². The molecule has 0 bridgehead atoms. The molecular weight excluding hydrogens is 408 g/mol. The third-order valence-corrected chi connectivity index (χ3v) is 4.99. The van der Waals surface area contributed by atoms with Gasteiger partial charge in [0.2, 0.25) is 0 Å². The number of nitrogens with zero attached hydrogens (tertiary/aromatic N) is 4. The molecule has 0 aromatic heterocycles.